The molecule has 0 bridgehead atoms. The van der Waals surface area contributed by atoms with Gasteiger partial charge in [0.15, 0.2) is 0 Å². The molecule has 152 valence electrons. The number of carbonyl (C=O) groups is 2. The third kappa shape index (κ3) is 4.84. The van der Waals surface area contributed by atoms with E-state index in [1.54, 1.807) is 0 Å². The monoisotopic (exact) mass is 408 g/mol. The lowest BCUT2D eigenvalue weighted by Crippen LogP contribution is -2.30. The number of nitrogens with one attached hydrogen (secondary N) is 1. The lowest BCUT2D eigenvalue weighted by Gasteiger charge is -2.25. The third-order valence-corrected chi connectivity index (χ3v) is 7.00. The quantitative estimate of drug-likeness (QED) is 0.727. The number of hydrogen-bond acceptors (Lipinski definition) is 3. The summed E-state index contributed by atoms with van der Waals surface area (Å²) in [5, 5.41) is 3.15. The Hall–Kier alpha value is -2.27. The van der Waals surface area contributed by atoms with Gasteiger partial charge in [-0.05, 0) is 55.4 Å². The molecule has 0 saturated carbocycles. The summed E-state index contributed by atoms with van der Waals surface area (Å²) < 4.78 is 0. The minimum Gasteiger partial charge on any atom is -0.351 e. The van der Waals surface area contributed by atoms with Crippen molar-refractivity contribution in [3.05, 3.63) is 65.2 Å². The van der Waals surface area contributed by atoms with E-state index >= 15 is 0 Å². The Morgan fingerprint density at radius 1 is 1.00 bits per heavy atom. The van der Waals surface area contributed by atoms with E-state index in [0.29, 0.717) is 23.8 Å². The Morgan fingerprint density at radius 3 is 2.62 bits per heavy atom. The van der Waals surface area contributed by atoms with Crippen LogP contribution in [0.25, 0.3) is 0 Å². The molecule has 0 spiro atoms. The lowest BCUT2D eigenvalue weighted by atomic mass is 9.83. The summed E-state index contributed by atoms with van der Waals surface area (Å²) in [5.74, 6) is 0.882. The van der Waals surface area contributed by atoms with Crippen LogP contribution in [0.4, 0.5) is 0 Å². The smallest absolute Gasteiger partial charge is 0.252 e. The van der Waals surface area contributed by atoms with Crippen LogP contribution in [0.3, 0.4) is 0 Å². The van der Waals surface area contributed by atoms with Crippen molar-refractivity contribution in [1.29, 1.82) is 0 Å². The first kappa shape index (κ1) is 20.0. The number of nitrogens with zero attached hydrogens (tertiary/aromatic N) is 1. The highest BCUT2D eigenvalue weighted by Crippen LogP contribution is 2.31. The molecule has 2 aromatic rings. The van der Waals surface area contributed by atoms with Gasteiger partial charge in [-0.2, -0.15) is 0 Å². The summed E-state index contributed by atoms with van der Waals surface area (Å²) >= 11 is 1.47. The molecule has 1 N–H and O–H groups in total. The van der Waals surface area contributed by atoms with Gasteiger partial charge in [-0.3, -0.25) is 9.59 Å². The van der Waals surface area contributed by atoms with Crippen molar-refractivity contribution in [3.63, 3.8) is 0 Å². The molecule has 2 aliphatic rings. The number of hydrogen-bond donors (Lipinski definition) is 1. The number of amides is 2. The average Bonchev–Trinajstić information content (AvgIpc) is 3.31. The van der Waals surface area contributed by atoms with Gasteiger partial charge in [-0.25, -0.2) is 0 Å². The van der Waals surface area contributed by atoms with Gasteiger partial charge in [0.05, 0.1) is 11.3 Å². The molecule has 1 aliphatic heterocycles. The van der Waals surface area contributed by atoms with Crippen LogP contribution in [0.15, 0.2) is 53.4 Å². The van der Waals surface area contributed by atoms with Crippen molar-refractivity contribution < 1.29 is 9.59 Å². The van der Waals surface area contributed by atoms with Gasteiger partial charge in [0.1, 0.15) is 0 Å². The normalized spacial score (nSPS) is 18.3. The van der Waals surface area contributed by atoms with Gasteiger partial charge in [0, 0.05) is 30.4 Å². The number of likely N-dealkylation sites (tertiary alicyclic amines) is 1. The van der Waals surface area contributed by atoms with Crippen LogP contribution in [0.5, 0.6) is 0 Å². The highest BCUT2D eigenvalue weighted by atomic mass is 32.2. The summed E-state index contributed by atoms with van der Waals surface area (Å²) in [5.41, 5.74) is 3.45. The molecular formula is C24H28N2O2S. The number of benzene rings is 2. The van der Waals surface area contributed by atoms with Gasteiger partial charge >= 0.3 is 0 Å². The van der Waals surface area contributed by atoms with Crippen LogP contribution in [0.2, 0.25) is 0 Å². The summed E-state index contributed by atoms with van der Waals surface area (Å²) in [6.07, 6.45) is 5.60. The van der Waals surface area contributed by atoms with Crippen molar-refractivity contribution >= 4 is 23.6 Å². The van der Waals surface area contributed by atoms with E-state index < -0.39 is 0 Å². The average molecular weight is 409 g/mol. The number of aryl methyl sites for hydroxylation is 1. The third-order valence-electron chi connectivity index (χ3n) is 5.94. The number of thioether (sulfide) groups is 1. The molecule has 0 unspecified atom stereocenters. The highest BCUT2D eigenvalue weighted by Gasteiger charge is 2.22. The van der Waals surface area contributed by atoms with Gasteiger partial charge in [-0.15, -0.1) is 11.8 Å². The summed E-state index contributed by atoms with van der Waals surface area (Å²) in [7, 11) is 0. The second-order valence-corrected chi connectivity index (χ2v) is 8.89. The van der Waals surface area contributed by atoms with E-state index in [1.807, 2.05) is 29.2 Å². The topological polar surface area (TPSA) is 49.4 Å². The van der Waals surface area contributed by atoms with Gasteiger partial charge < -0.3 is 10.2 Å². The van der Waals surface area contributed by atoms with Crippen LogP contribution in [-0.2, 0) is 11.2 Å². The zero-order valence-electron chi connectivity index (χ0n) is 16.7. The molecule has 1 fully saturated rings. The zero-order chi connectivity index (χ0) is 20.1. The SMILES string of the molecule is O=C(NC[C@H]1CCCc2ccccc21)c1ccccc1SCC(=O)N1CCCC1. The van der Waals surface area contributed by atoms with Crippen molar-refractivity contribution in [2.75, 3.05) is 25.4 Å². The fourth-order valence-electron chi connectivity index (χ4n) is 4.36. The number of rotatable bonds is 6. The standard InChI is InChI=1S/C24H28N2O2S/c27-23(26-14-5-6-15-26)17-29-22-13-4-3-12-21(22)24(28)25-16-19-10-7-9-18-8-1-2-11-20(18)19/h1-4,8,11-13,19H,5-7,9-10,14-17H2,(H,25,28)/t19-/m1/s1. The molecule has 4 rings (SSSR count). The number of fused-ring (bicyclic) bond motifs is 1. The van der Waals surface area contributed by atoms with Gasteiger partial charge in [0.2, 0.25) is 5.91 Å². The van der Waals surface area contributed by atoms with Crippen LogP contribution in [-0.4, -0.2) is 42.1 Å². The van der Waals surface area contributed by atoms with Crippen LogP contribution in [0.1, 0.15) is 53.1 Å². The van der Waals surface area contributed by atoms with E-state index in [-0.39, 0.29) is 11.8 Å². The zero-order valence-corrected chi connectivity index (χ0v) is 17.5. The van der Waals surface area contributed by atoms with Crippen LogP contribution in [0, 0.1) is 0 Å². The van der Waals surface area contributed by atoms with E-state index in [9.17, 15) is 9.59 Å². The molecule has 1 atom stereocenters. The van der Waals surface area contributed by atoms with E-state index in [2.05, 4.69) is 29.6 Å². The van der Waals surface area contributed by atoms with E-state index in [1.165, 1.54) is 29.3 Å². The van der Waals surface area contributed by atoms with Crippen LogP contribution < -0.4 is 5.32 Å². The van der Waals surface area contributed by atoms with Crippen molar-refractivity contribution in [1.82, 2.24) is 10.2 Å². The Morgan fingerprint density at radius 2 is 1.76 bits per heavy atom. The van der Waals surface area contributed by atoms with Gasteiger partial charge in [-0.1, -0.05) is 36.4 Å². The maximum absolute atomic E-state index is 12.9. The van der Waals surface area contributed by atoms with E-state index in [0.717, 1.165) is 43.7 Å². The molecule has 1 aliphatic carbocycles. The fraction of sp³-hybridized carbons (Fsp3) is 0.417. The molecular weight excluding hydrogens is 380 g/mol. The fourth-order valence-corrected chi connectivity index (χ4v) is 5.31. The molecule has 2 amide bonds. The van der Waals surface area contributed by atoms with Crippen molar-refractivity contribution in [2.24, 2.45) is 0 Å². The van der Waals surface area contributed by atoms with Crippen molar-refractivity contribution in [3.8, 4) is 0 Å². The second kappa shape index (κ2) is 9.49. The highest BCUT2D eigenvalue weighted by molar-refractivity contribution is 8.00. The predicted molar refractivity (Wildman–Crippen MR) is 117 cm³/mol. The second-order valence-electron chi connectivity index (χ2n) is 7.87. The molecule has 2 aromatic carbocycles. The maximum Gasteiger partial charge on any atom is 0.252 e. The largest absolute Gasteiger partial charge is 0.351 e. The lowest BCUT2D eigenvalue weighted by molar-refractivity contribution is -0.127. The minimum atomic E-state index is -0.0511. The maximum atomic E-state index is 12.9. The van der Waals surface area contributed by atoms with Crippen LogP contribution >= 0.6 is 11.8 Å². The Labute approximate surface area is 177 Å². The minimum absolute atomic E-state index is 0.0511. The Balaban J connectivity index is 1.37. The van der Waals surface area contributed by atoms with E-state index in [4.69, 9.17) is 0 Å². The molecule has 0 aromatic heterocycles. The molecule has 29 heavy (non-hydrogen) atoms. The molecule has 1 heterocycles. The summed E-state index contributed by atoms with van der Waals surface area (Å²) in [6.45, 7) is 2.39. The molecule has 5 heteroatoms. The molecule has 0 radical (unpaired) electrons. The molecule has 1 saturated heterocycles. The summed E-state index contributed by atoms with van der Waals surface area (Å²) in [4.78, 5) is 28.1. The Bertz CT molecular complexity index is 877. The van der Waals surface area contributed by atoms with Gasteiger partial charge in [0.25, 0.3) is 5.91 Å². The first-order valence-electron chi connectivity index (χ1n) is 10.6. The predicted octanol–water partition coefficient (Wildman–Crippen LogP) is 4.25. The first-order valence-corrected chi connectivity index (χ1v) is 11.6. The molecule has 4 nitrogen and oxygen atoms in total. The Kier molecular flexibility index (Phi) is 6.55. The summed E-state index contributed by atoms with van der Waals surface area (Å²) in [6, 6.07) is 16.2. The number of carbonyl (C=O) groups excluding carboxylic acids is 2. The van der Waals surface area contributed by atoms with Crippen molar-refractivity contribution in [2.45, 2.75) is 42.9 Å². The first-order chi connectivity index (χ1) is 14.2.